The van der Waals surface area contributed by atoms with Gasteiger partial charge in [-0.1, -0.05) is 39.7 Å². The van der Waals surface area contributed by atoms with E-state index in [0.29, 0.717) is 0 Å². The summed E-state index contributed by atoms with van der Waals surface area (Å²) in [6, 6.07) is 14.5. The van der Waals surface area contributed by atoms with Gasteiger partial charge >= 0.3 is 0 Å². The van der Waals surface area contributed by atoms with Crippen molar-refractivity contribution >= 4 is 27.5 Å². The van der Waals surface area contributed by atoms with Gasteiger partial charge in [0, 0.05) is 41.2 Å². The summed E-state index contributed by atoms with van der Waals surface area (Å²) < 4.78 is 6.69. The summed E-state index contributed by atoms with van der Waals surface area (Å²) in [5.74, 6) is 0.909. The number of piperazine rings is 1. The van der Waals surface area contributed by atoms with Gasteiger partial charge in [0.05, 0.1) is 13.2 Å². The molecule has 5 heteroatoms. The number of rotatable bonds is 4. The number of halogens is 2. The number of ether oxygens (including phenoxy) is 1. The molecule has 0 amide bonds. The van der Waals surface area contributed by atoms with Crippen LogP contribution < -0.4 is 10.1 Å². The van der Waals surface area contributed by atoms with Gasteiger partial charge in [0.15, 0.2) is 0 Å². The predicted molar refractivity (Wildman–Crippen MR) is 98.4 cm³/mol. The second kappa shape index (κ2) is 7.67. The molecule has 1 aliphatic heterocycles. The van der Waals surface area contributed by atoms with Crippen LogP contribution in [-0.4, -0.2) is 38.2 Å². The summed E-state index contributed by atoms with van der Waals surface area (Å²) in [5.41, 5.74) is 2.40. The molecule has 1 fully saturated rings. The first-order valence-corrected chi connectivity index (χ1v) is 8.90. The average molecular weight is 396 g/mol. The van der Waals surface area contributed by atoms with Crippen molar-refractivity contribution in [2.45, 2.75) is 6.04 Å². The Labute approximate surface area is 150 Å². The van der Waals surface area contributed by atoms with Crippen LogP contribution in [0.25, 0.3) is 0 Å². The van der Waals surface area contributed by atoms with E-state index in [2.05, 4.69) is 44.3 Å². The minimum absolute atomic E-state index is 0.154. The average Bonchev–Trinajstić information content (AvgIpc) is 2.58. The molecule has 0 spiro atoms. The Balaban J connectivity index is 2.07. The molecule has 1 heterocycles. The molecule has 2 aromatic carbocycles. The van der Waals surface area contributed by atoms with Gasteiger partial charge in [0.25, 0.3) is 0 Å². The van der Waals surface area contributed by atoms with E-state index in [1.54, 1.807) is 7.11 Å². The molecule has 1 unspecified atom stereocenters. The Morgan fingerprint density at radius 3 is 2.48 bits per heavy atom. The molecule has 23 heavy (non-hydrogen) atoms. The third-order valence-corrected chi connectivity index (χ3v) is 4.93. The highest BCUT2D eigenvalue weighted by atomic mass is 79.9. The van der Waals surface area contributed by atoms with Crippen molar-refractivity contribution in [3.8, 4) is 5.75 Å². The Hall–Kier alpha value is -1.07. The fraction of sp³-hybridized carbons (Fsp3) is 0.333. The van der Waals surface area contributed by atoms with Crippen molar-refractivity contribution in [1.82, 2.24) is 10.2 Å². The summed E-state index contributed by atoms with van der Waals surface area (Å²) in [6.45, 7) is 4.01. The molecule has 122 valence electrons. The third kappa shape index (κ3) is 3.89. The molecule has 0 aliphatic carbocycles. The fourth-order valence-electron chi connectivity index (χ4n) is 3.09. The van der Waals surface area contributed by atoms with E-state index in [9.17, 15) is 0 Å². The van der Waals surface area contributed by atoms with E-state index in [0.717, 1.165) is 41.4 Å². The van der Waals surface area contributed by atoms with Gasteiger partial charge in [0.2, 0.25) is 0 Å². The predicted octanol–water partition coefficient (Wildman–Crippen LogP) is 4.11. The van der Waals surface area contributed by atoms with Crippen LogP contribution in [0.3, 0.4) is 0 Å². The topological polar surface area (TPSA) is 24.5 Å². The molecule has 1 N–H and O–H groups in total. The first kappa shape index (κ1) is 16.8. The molecule has 0 saturated carbocycles. The Morgan fingerprint density at radius 1 is 1.13 bits per heavy atom. The van der Waals surface area contributed by atoms with Crippen molar-refractivity contribution in [1.29, 1.82) is 0 Å². The molecular formula is C18H20BrClN2O. The maximum Gasteiger partial charge on any atom is 0.124 e. The Kier molecular flexibility index (Phi) is 5.59. The van der Waals surface area contributed by atoms with Crippen LogP contribution >= 0.6 is 27.5 Å². The quantitative estimate of drug-likeness (QED) is 0.843. The first-order valence-electron chi connectivity index (χ1n) is 7.72. The van der Waals surface area contributed by atoms with Crippen LogP contribution in [-0.2, 0) is 0 Å². The standard InChI is InChI=1S/C18H20BrClN2O/c1-23-17-7-4-14(19)12-16(17)18(22-10-8-21-9-11-22)13-2-5-15(20)6-3-13/h2-7,12,18,21H,8-11H2,1H3. The zero-order valence-corrected chi connectivity index (χ0v) is 15.4. The van der Waals surface area contributed by atoms with Crippen LogP contribution in [0.2, 0.25) is 5.02 Å². The second-order valence-corrected chi connectivity index (χ2v) is 6.98. The van der Waals surface area contributed by atoms with Crippen molar-refractivity contribution in [2.24, 2.45) is 0 Å². The van der Waals surface area contributed by atoms with Crippen LogP contribution in [0.1, 0.15) is 17.2 Å². The lowest BCUT2D eigenvalue weighted by Crippen LogP contribution is -2.45. The van der Waals surface area contributed by atoms with E-state index >= 15 is 0 Å². The largest absolute Gasteiger partial charge is 0.496 e. The molecule has 3 rings (SSSR count). The highest BCUT2D eigenvalue weighted by Gasteiger charge is 2.26. The highest BCUT2D eigenvalue weighted by Crippen LogP contribution is 2.37. The Morgan fingerprint density at radius 2 is 1.83 bits per heavy atom. The van der Waals surface area contributed by atoms with Gasteiger partial charge in [-0.3, -0.25) is 4.90 Å². The summed E-state index contributed by atoms with van der Waals surface area (Å²) in [7, 11) is 1.73. The van der Waals surface area contributed by atoms with Crippen LogP contribution in [0.4, 0.5) is 0 Å². The van der Waals surface area contributed by atoms with Gasteiger partial charge < -0.3 is 10.1 Å². The van der Waals surface area contributed by atoms with E-state index in [4.69, 9.17) is 16.3 Å². The lowest BCUT2D eigenvalue weighted by Gasteiger charge is -2.36. The van der Waals surface area contributed by atoms with Crippen molar-refractivity contribution in [3.63, 3.8) is 0 Å². The zero-order valence-electron chi connectivity index (χ0n) is 13.1. The summed E-state index contributed by atoms with van der Waals surface area (Å²) in [6.07, 6.45) is 0. The minimum Gasteiger partial charge on any atom is -0.496 e. The van der Waals surface area contributed by atoms with Gasteiger partial charge in [-0.05, 0) is 35.9 Å². The number of nitrogens with zero attached hydrogens (tertiary/aromatic N) is 1. The van der Waals surface area contributed by atoms with Crippen molar-refractivity contribution in [2.75, 3.05) is 33.3 Å². The molecule has 1 saturated heterocycles. The van der Waals surface area contributed by atoms with Crippen LogP contribution in [0, 0.1) is 0 Å². The summed E-state index contributed by atoms with van der Waals surface area (Å²) in [5, 5.41) is 4.18. The molecular weight excluding hydrogens is 376 g/mol. The molecule has 0 aromatic heterocycles. The molecule has 0 bridgehead atoms. The molecule has 2 aromatic rings. The number of methoxy groups -OCH3 is 1. The normalized spacial score (nSPS) is 17.0. The number of hydrogen-bond acceptors (Lipinski definition) is 3. The SMILES string of the molecule is COc1ccc(Br)cc1C(c1ccc(Cl)cc1)N1CCNCC1. The molecule has 1 atom stereocenters. The summed E-state index contributed by atoms with van der Waals surface area (Å²) in [4.78, 5) is 2.49. The van der Waals surface area contributed by atoms with Gasteiger partial charge in [-0.15, -0.1) is 0 Å². The lowest BCUT2D eigenvalue weighted by atomic mass is 9.95. The monoisotopic (exact) mass is 394 g/mol. The Bertz CT molecular complexity index is 657. The molecule has 0 radical (unpaired) electrons. The van der Waals surface area contributed by atoms with Gasteiger partial charge in [0.1, 0.15) is 5.75 Å². The van der Waals surface area contributed by atoms with Gasteiger partial charge in [-0.2, -0.15) is 0 Å². The zero-order chi connectivity index (χ0) is 16.2. The molecule has 1 aliphatic rings. The van der Waals surface area contributed by atoms with Crippen molar-refractivity contribution < 1.29 is 4.74 Å². The van der Waals surface area contributed by atoms with Crippen molar-refractivity contribution in [3.05, 3.63) is 63.1 Å². The fourth-order valence-corrected chi connectivity index (χ4v) is 3.60. The smallest absolute Gasteiger partial charge is 0.124 e. The maximum absolute atomic E-state index is 6.08. The molecule has 3 nitrogen and oxygen atoms in total. The third-order valence-electron chi connectivity index (χ3n) is 4.19. The van der Waals surface area contributed by atoms with E-state index in [1.807, 2.05) is 24.3 Å². The number of hydrogen-bond donors (Lipinski definition) is 1. The van der Waals surface area contributed by atoms with Crippen LogP contribution in [0.15, 0.2) is 46.9 Å². The first-order chi connectivity index (χ1) is 11.2. The lowest BCUT2D eigenvalue weighted by molar-refractivity contribution is 0.195. The van der Waals surface area contributed by atoms with E-state index < -0.39 is 0 Å². The summed E-state index contributed by atoms with van der Waals surface area (Å²) >= 11 is 9.67. The number of nitrogens with one attached hydrogen (secondary N) is 1. The maximum atomic E-state index is 6.08. The second-order valence-electron chi connectivity index (χ2n) is 5.63. The highest BCUT2D eigenvalue weighted by molar-refractivity contribution is 9.10. The van der Waals surface area contributed by atoms with E-state index in [-0.39, 0.29) is 6.04 Å². The minimum atomic E-state index is 0.154. The number of benzene rings is 2. The van der Waals surface area contributed by atoms with Gasteiger partial charge in [-0.25, -0.2) is 0 Å². The van der Waals surface area contributed by atoms with Crippen LogP contribution in [0.5, 0.6) is 5.75 Å². The van der Waals surface area contributed by atoms with E-state index in [1.165, 1.54) is 11.1 Å².